The molecule has 0 aliphatic heterocycles. The van der Waals surface area contributed by atoms with Crippen molar-refractivity contribution in [2.45, 2.75) is 6.04 Å². The number of benzene rings is 2. The molecule has 1 unspecified atom stereocenters. The van der Waals surface area contributed by atoms with E-state index in [-0.39, 0.29) is 5.82 Å². The second-order valence-corrected chi connectivity index (χ2v) is 5.38. The first-order valence-electron chi connectivity index (χ1n) is 6.54. The number of rotatable bonds is 6. The van der Waals surface area contributed by atoms with E-state index in [1.807, 2.05) is 24.3 Å². The summed E-state index contributed by atoms with van der Waals surface area (Å²) in [5.74, 6) is 0.353. The maximum Gasteiger partial charge on any atom is 0.137 e. The largest absolute Gasteiger partial charge is 0.491 e. The molecule has 0 aliphatic carbocycles. The lowest BCUT2D eigenvalue weighted by atomic mass is 9.99. The van der Waals surface area contributed by atoms with Gasteiger partial charge in [0, 0.05) is 12.7 Å². The third kappa shape index (κ3) is 4.03. The predicted molar refractivity (Wildman–Crippen MR) is 83.9 cm³/mol. The van der Waals surface area contributed by atoms with Crippen LogP contribution in [0.5, 0.6) is 5.75 Å². The van der Waals surface area contributed by atoms with E-state index in [1.54, 1.807) is 19.2 Å². The zero-order valence-electron chi connectivity index (χ0n) is 11.7. The van der Waals surface area contributed by atoms with Crippen molar-refractivity contribution in [3.05, 3.63) is 63.9 Å². The Hall–Kier alpha value is -1.43. The molecule has 2 aromatic rings. The molecule has 0 aromatic heterocycles. The van der Waals surface area contributed by atoms with E-state index in [0.29, 0.717) is 29.0 Å². The second kappa shape index (κ2) is 7.54. The quantitative estimate of drug-likeness (QED) is 0.806. The SMILES string of the molecule is COCCOc1ccccc1C(N)c1ccc(Br)c(F)c1. The average molecular weight is 354 g/mol. The lowest BCUT2D eigenvalue weighted by Crippen LogP contribution is -2.15. The first-order valence-corrected chi connectivity index (χ1v) is 7.34. The van der Waals surface area contributed by atoms with Gasteiger partial charge in [-0.2, -0.15) is 0 Å². The molecule has 3 nitrogen and oxygen atoms in total. The topological polar surface area (TPSA) is 44.5 Å². The van der Waals surface area contributed by atoms with Gasteiger partial charge in [0.2, 0.25) is 0 Å². The van der Waals surface area contributed by atoms with Crippen molar-refractivity contribution in [3.63, 3.8) is 0 Å². The van der Waals surface area contributed by atoms with Crippen LogP contribution in [0.3, 0.4) is 0 Å². The predicted octanol–water partition coefficient (Wildman–Crippen LogP) is 3.66. The summed E-state index contributed by atoms with van der Waals surface area (Å²) in [6.45, 7) is 0.936. The number of methoxy groups -OCH3 is 1. The molecule has 2 N–H and O–H groups in total. The van der Waals surface area contributed by atoms with Gasteiger partial charge < -0.3 is 15.2 Å². The van der Waals surface area contributed by atoms with Crippen molar-refractivity contribution < 1.29 is 13.9 Å². The van der Waals surface area contributed by atoms with Crippen LogP contribution in [0.4, 0.5) is 4.39 Å². The van der Waals surface area contributed by atoms with Crippen LogP contribution in [0.2, 0.25) is 0 Å². The number of para-hydroxylation sites is 1. The van der Waals surface area contributed by atoms with Crippen LogP contribution in [0.1, 0.15) is 17.2 Å². The van der Waals surface area contributed by atoms with Crippen molar-refractivity contribution >= 4 is 15.9 Å². The Morgan fingerprint density at radius 3 is 2.67 bits per heavy atom. The monoisotopic (exact) mass is 353 g/mol. The van der Waals surface area contributed by atoms with Crippen LogP contribution < -0.4 is 10.5 Å². The summed E-state index contributed by atoms with van der Waals surface area (Å²) in [5.41, 5.74) is 7.76. The maximum absolute atomic E-state index is 13.7. The molecule has 0 spiro atoms. The first-order chi connectivity index (χ1) is 10.1. The van der Waals surface area contributed by atoms with Gasteiger partial charge in [0.15, 0.2) is 0 Å². The minimum atomic E-state index is -0.452. The fourth-order valence-corrected chi connectivity index (χ4v) is 2.24. The molecule has 112 valence electrons. The average Bonchev–Trinajstić information content (AvgIpc) is 2.50. The molecule has 0 bridgehead atoms. The van der Waals surface area contributed by atoms with Crippen LogP contribution in [0.25, 0.3) is 0 Å². The van der Waals surface area contributed by atoms with E-state index in [0.717, 1.165) is 5.56 Å². The zero-order valence-corrected chi connectivity index (χ0v) is 13.3. The van der Waals surface area contributed by atoms with Crippen LogP contribution in [0, 0.1) is 5.82 Å². The molecule has 1 atom stereocenters. The summed E-state index contributed by atoms with van der Waals surface area (Å²) in [5, 5.41) is 0. The third-order valence-electron chi connectivity index (χ3n) is 3.10. The highest BCUT2D eigenvalue weighted by atomic mass is 79.9. The van der Waals surface area contributed by atoms with Gasteiger partial charge in [-0.15, -0.1) is 0 Å². The second-order valence-electron chi connectivity index (χ2n) is 4.53. The number of ether oxygens (including phenoxy) is 2. The van der Waals surface area contributed by atoms with Gasteiger partial charge in [-0.05, 0) is 39.7 Å². The number of halogens is 2. The normalized spacial score (nSPS) is 12.2. The van der Waals surface area contributed by atoms with E-state index < -0.39 is 6.04 Å². The smallest absolute Gasteiger partial charge is 0.137 e. The molecule has 0 radical (unpaired) electrons. The van der Waals surface area contributed by atoms with Gasteiger partial charge >= 0.3 is 0 Å². The molecular formula is C16H17BrFNO2. The van der Waals surface area contributed by atoms with Gasteiger partial charge in [-0.3, -0.25) is 0 Å². The van der Waals surface area contributed by atoms with Crippen molar-refractivity contribution in [2.24, 2.45) is 5.73 Å². The molecule has 0 aliphatic rings. The molecule has 2 aromatic carbocycles. The van der Waals surface area contributed by atoms with Gasteiger partial charge in [-0.1, -0.05) is 24.3 Å². The number of hydrogen-bond donors (Lipinski definition) is 1. The fourth-order valence-electron chi connectivity index (χ4n) is 1.99. The van der Waals surface area contributed by atoms with Gasteiger partial charge in [0.1, 0.15) is 18.2 Å². The Labute approximate surface area is 132 Å². The lowest BCUT2D eigenvalue weighted by Gasteiger charge is -2.17. The highest BCUT2D eigenvalue weighted by molar-refractivity contribution is 9.10. The molecule has 0 fully saturated rings. The third-order valence-corrected chi connectivity index (χ3v) is 3.74. The lowest BCUT2D eigenvalue weighted by molar-refractivity contribution is 0.145. The van der Waals surface area contributed by atoms with Crippen LogP contribution >= 0.6 is 15.9 Å². The minimum Gasteiger partial charge on any atom is -0.491 e. The molecule has 0 heterocycles. The van der Waals surface area contributed by atoms with Gasteiger partial charge in [-0.25, -0.2) is 4.39 Å². The summed E-state index contributed by atoms with van der Waals surface area (Å²) in [6.07, 6.45) is 0. The summed E-state index contributed by atoms with van der Waals surface area (Å²) < 4.78 is 24.7. The Balaban J connectivity index is 2.25. The Bertz CT molecular complexity index is 607. The maximum atomic E-state index is 13.7. The van der Waals surface area contributed by atoms with Crippen LogP contribution in [-0.2, 0) is 4.74 Å². The van der Waals surface area contributed by atoms with E-state index in [1.165, 1.54) is 6.07 Å². The van der Waals surface area contributed by atoms with Crippen LogP contribution in [0.15, 0.2) is 46.9 Å². The summed E-state index contributed by atoms with van der Waals surface area (Å²) in [6, 6.07) is 11.9. The van der Waals surface area contributed by atoms with Crippen molar-refractivity contribution in [1.29, 1.82) is 0 Å². The Morgan fingerprint density at radius 1 is 1.19 bits per heavy atom. The molecule has 21 heavy (non-hydrogen) atoms. The van der Waals surface area contributed by atoms with Crippen molar-refractivity contribution in [2.75, 3.05) is 20.3 Å². The van der Waals surface area contributed by atoms with E-state index >= 15 is 0 Å². The van der Waals surface area contributed by atoms with E-state index in [9.17, 15) is 4.39 Å². The molecule has 2 rings (SSSR count). The van der Waals surface area contributed by atoms with Crippen molar-refractivity contribution in [1.82, 2.24) is 0 Å². The zero-order chi connectivity index (χ0) is 15.2. The summed E-state index contributed by atoms with van der Waals surface area (Å²) in [4.78, 5) is 0. The Morgan fingerprint density at radius 2 is 1.95 bits per heavy atom. The van der Waals surface area contributed by atoms with Crippen molar-refractivity contribution in [3.8, 4) is 5.75 Å². The molecule has 5 heteroatoms. The standard InChI is InChI=1S/C16H17BrFNO2/c1-20-8-9-21-15-5-3-2-4-12(15)16(19)11-6-7-13(17)14(18)10-11/h2-7,10,16H,8-9,19H2,1H3. The van der Waals surface area contributed by atoms with Gasteiger partial charge in [0.25, 0.3) is 0 Å². The molecule has 0 amide bonds. The number of nitrogens with two attached hydrogens (primary N) is 1. The highest BCUT2D eigenvalue weighted by Crippen LogP contribution is 2.29. The molecule has 0 saturated carbocycles. The Kier molecular flexibility index (Phi) is 5.73. The van der Waals surface area contributed by atoms with Crippen LogP contribution in [-0.4, -0.2) is 20.3 Å². The van der Waals surface area contributed by atoms with E-state index in [4.69, 9.17) is 15.2 Å². The molecule has 0 saturated heterocycles. The first kappa shape index (κ1) is 15.9. The highest BCUT2D eigenvalue weighted by Gasteiger charge is 2.15. The molecular weight excluding hydrogens is 337 g/mol. The summed E-state index contributed by atoms with van der Waals surface area (Å²) in [7, 11) is 1.62. The number of hydrogen-bond acceptors (Lipinski definition) is 3. The van der Waals surface area contributed by atoms with Gasteiger partial charge in [0.05, 0.1) is 17.1 Å². The fraction of sp³-hybridized carbons (Fsp3) is 0.250. The van der Waals surface area contributed by atoms with E-state index in [2.05, 4.69) is 15.9 Å². The summed E-state index contributed by atoms with van der Waals surface area (Å²) >= 11 is 3.14. The minimum absolute atomic E-state index is 0.333.